The van der Waals surface area contributed by atoms with Crippen molar-refractivity contribution in [1.29, 1.82) is 0 Å². The molecule has 1 heterocycles. The molecule has 5 heteroatoms. The topological polar surface area (TPSA) is 47.9 Å². The number of hydrogen-bond donors (Lipinski definition) is 0. The van der Waals surface area contributed by atoms with Gasteiger partial charge in [0.05, 0.1) is 0 Å². The van der Waals surface area contributed by atoms with Gasteiger partial charge in [0, 0.05) is 9.13 Å². The largest absolute Gasteiger partial charge is 0.489 e. The molecule has 3 aromatic rings. The molecule has 4 rings (SSSR count). The molecule has 0 atom stereocenters. The number of aliphatic imine (C=N–C) groups is 1. The van der Waals surface area contributed by atoms with Gasteiger partial charge in [0.15, 0.2) is 5.70 Å². The van der Waals surface area contributed by atoms with Crippen LogP contribution in [-0.2, 0) is 16.1 Å². The van der Waals surface area contributed by atoms with Gasteiger partial charge in [-0.15, -0.1) is 0 Å². The molecule has 0 radical (unpaired) electrons. The first-order chi connectivity index (χ1) is 13.7. The summed E-state index contributed by atoms with van der Waals surface area (Å²) >= 11 is 2.23. The van der Waals surface area contributed by atoms with Crippen molar-refractivity contribution < 1.29 is 14.3 Å². The van der Waals surface area contributed by atoms with Crippen LogP contribution in [0.25, 0.3) is 6.08 Å². The molecule has 0 aliphatic carbocycles. The van der Waals surface area contributed by atoms with E-state index in [9.17, 15) is 4.79 Å². The highest BCUT2D eigenvalue weighted by molar-refractivity contribution is 14.1. The van der Waals surface area contributed by atoms with Gasteiger partial charge >= 0.3 is 5.97 Å². The Kier molecular flexibility index (Phi) is 5.53. The first-order valence-corrected chi connectivity index (χ1v) is 9.80. The van der Waals surface area contributed by atoms with Crippen molar-refractivity contribution in [2.75, 3.05) is 0 Å². The van der Waals surface area contributed by atoms with Crippen molar-refractivity contribution in [3.05, 3.63) is 105 Å². The molecule has 3 aromatic carbocycles. The summed E-state index contributed by atoms with van der Waals surface area (Å²) in [6.45, 7) is 0.511. The molecule has 0 N–H and O–H groups in total. The molecule has 0 aromatic heterocycles. The van der Waals surface area contributed by atoms with Gasteiger partial charge in [0.25, 0.3) is 0 Å². The predicted octanol–water partition coefficient (Wildman–Crippen LogP) is 5.21. The Bertz CT molecular complexity index is 1040. The maximum atomic E-state index is 12.1. The number of esters is 1. The zero-order valence-electron chi connectivity index (χ0n) is 14.8. The SMILES string of the molecule is O=C1OC(c2ccc(I)cc2)=NC1=Cc1ccc(OCc2ccccc2)cc1. The number of carbonyl (C=O) groups is 1. The molecule has 0 amide bonds. The minimum Gasteiger partial charge on any atom is -0.489 e. The summed E-state index contributed by atoms with van der Waals surface area (Å²) in [5, 5.41) is 0. The van der Waals surface area contributed by atoms with Crippen molar-refractivity contribution >= 4 is 40.5 Å². The molecular weight excluding hydrogens is 465 g/mol. The number of ether oxygens (including phenoxy) is 2. The molecule has 0 saturated carbocycles. The lowest BCUT2D eigenvalue weighted by molar-refractivity contribution is -0.129. The number of benzene rings is 3. The van der Waals surface area contributed by atoms with Crippen LogP contribution in [0.1, 0.15) is 16.7 Å². The Labute approximate surface area is 176 Å². The summed E-state index contributed by atoms with van der Waals surface area (Å²) in [7, 11) is 0. The van der Waals surface area contributed by atoms with Crippen LogP contribution in [0, 0.1) is 3.57 Å². The third-order valence-corrected chi connectivity index (χ3v) is 4.86. The van der Waals surface area contributed by atoms with E-state index in [1.54, 1.807) is 6.08 Å². The lowest BCUT2D eigenvalue weighted by Crippen LogP contribution is -2.05. The normalized spacial score (nSPS) is 14.7. The Hall–Kier alpha value is -2.93. The smallest absolute Gasteiger partial charge is 0.363 e. The second-order valence-electron chi connectivity index (χ2n) is 6.19. The van der Waals surface area contributed by atoms with E-state index >= 15 is 0 Å². The second kappa shape index (κ2) is 8.39. The van der Waals surface area contributed by atoms with E-state index in [2.05, 4.69) is 27.6 Å². The van der Waals surface area contributed by atoms with Crippen molar-refractivity contribution in [1.82, 2.24) is 0 Å². The van der Waals surface area contributed by atoms with Crippen LogP contribution >= 0.6 is 22.6 Å². The number of rotatable bonds is 5. The van der Waals surface area contributed by atoms with Crippen molar-refractivity contribution in [3.8, 4) is 5.75 Å². The zero-order chi connectivity index (χ0) is 19.3. The Balaban J connectivity index is 1.46. The highest BCUT2D eigenvalue weighted by Crippen LogP contribution is 2.21. The van der Waals surface area contributed by atoms with Gasteiger partial charge in [0.2, 0.25) is 5.90 Å². The fourth-order valence-corrected chi connectivity index (χ4v) is 3.04. The van der Waals surface area contributed by atoms with E-state index in [1.165, 1.54) is 0 Å². The maximum Gasteiger partial charge on any atom is 0.363 e. The number of carbonyl (C=O) groups excluding carboxylic acids is 1. The zero-order valence-corrected chi connectivity index (χ0v) is 17.0. The Morgan fingerprint density at radius 2 is 1.64 bits per heavy atom. The Morgan fingerprint density at radius 1 is 0.929 bits per heavy atom. The molecule has 0 unspecified atom stereocenters. The standard InChI is InChI=1S/C23H16INO3/c24-19-10-8-18(9-11-19)22-25-21(23(26)28-22)14-16-6-12-20(13-7-16)27-15-17-4-2-1-3-5-17/h1-14H,15H2. The summed E-state index contributed by atoms with van der Waals surface area (Å²) in [6, 6.07) is 25.2. The van der Waals surface area contributed by atoms with Crippen LogP contribution in [0.3, 0.4) is 0 Å². The molecule has 1 aliphatic heterocycles. The summed E-state index contributed by atoms with van der Waals surface area (Å²) in [5.41, 5.74) is 3.03. The molecule has 0 spiro atoms. The number of hydrogen-bond acceptors (Lipinski definition) is 4. The number of halogens is 1. The highest BCUT2D eigenvalue weighted by Gasteiger charge is 2.24. The monoisotopic (exact) mass is 481 g/mol. The van der Waals surface area contributed by atoms with E-state index in [-0.39, 0.29) is 5.70 Å². The summed E-state index contributed by atoms with van der Waals surface area (Å²) < 4.78 is 12.2. The van der Waals surface area contributed by atoms with E-state index in [0.717, 1.165) is 26.0 Å². The third-order valence-electron chi connectivity index (χ3n) is 4.14. The van der Waals surface area contributed by atoms with E-state index in [4.69, 9.17) is 9.47 Å². The first-order valence-electron chi connectivity index (χ1n) is 8.73. The van der Waals surface area contributed by atoms with Crippen LogP contribution in [0.4, 0.5) is 0 Å². The second-order valence-corrected chi connectivity index (χ2v) is 7.43. The van der Waals surface area contributed by atoms with Crippen molar-refractivity contribution in [2.45, 2.75) is 6.61 Å². The minimum atomic E-state index is -0.446. The van der Waals surface area contributed by atoms with Gasteiger partial charge in [-0.3, -0.25) is 0 Å². The van der Waals surface area contributed by atoms with Gasteiger partial charge in [-0.05, 0) is 76.2 Å². The maximum absolute atomic E-state index is 12.1. The molecular formula is C23H16INO3. The van der Waals surface area contributed by atoms with Crippen LogP contribution in [0.2, 0.25) is 0 Å². The molecule has 0 bridgehead atoms. The highest BCUT2D eigenvalue weighted by atomic mass is 127. The average Bonchev–Trinajstić information content (AvgIpc) is 3.09. The number of cyclic esters (lactones) is 1. The van der Waals surface area contributed by atoms with Gasteiger partial charge < -0.3 is 9.47 Å². The molecule has 0 fully saturated rings. The summed E-state index contributed by atoms with van der Waals surface area (Å²) in [5.74, 6) is 0.650. The van der Waals surface area contributed by atoms with E-state index in [0.29, 0.717) is 12.5 Å². The van der Waals surface area contributed by atoms with Crippen LogP contribution in [-0.4, -0.2) is 11.9 Å². The van der Waals surface area contributed by atoms with Gasteiger partial charge in [-0.2, -0.15) is 0 Å². The molecule has 138 valence electrons. The molecule has 0 saturated heterocycles. The lowest BCUT2D eigenvalue weighted by Gasteiger charge is -2.06. The fourth-order valence-electron chi connectivity index (χ4n) is 2.68. The van der Waals surface area contributed by atoms with E-state index < -0.39 is 5.97 Å². The third kappa shape index (κ3) is 4.48. The van der Waals surface area contributed by atoms with Gasteiger partial charge in [-0.1, -0.05) is 42.5 Å². The number of nitrogens with zero attached hydrogens (tertiary/aromatic N) is 1. The van der Waals surface area contributed by atoms with Gasteiger partial charge in [0.1, 0.15) is 12.4 Å². The quantitative estimate of drug-likeness (QED) is 0.286. The van der Waals surface area contributed by atoms with Crippen LogP contribution in [0.15, 0.2) is 89.6 Å². The van der Waals surface area contributed by atoms with Gasteiger partial charge in [-0.25, -0.2) is 9.79 Å². The molecule has 1 aliphatic rings. The lowest BCUT2D eigenvalue weighted by atomic mass is 10.2. The minimum absolute atomic E-state index is 0.284. The fraction of sp³-hybridized carbons (Fsp3) is 0.0435. The van der Waals surface area contributed by atoms with E-state index in [1.807, 2.05) is 78.9 Å². The summed E-state index contributed by atoms with van der Waals surface area (Å²) in [4.78, 5) is 16.5. The Morgan fingerprint density at radius 3 is 2.36 bits per heavy atom. The molecule has 28 heavy (non-hydrogen) atoms. The first kappa shape index (κ1) is 18.4. The van der Waals surface area contributed by atoms with Crippen molar-refractivity contribution in [3.63, 3.8) is 0 Å². The average molecular weight is 481 g/mol. The molecule has 4 nitrogen and oxygen atoms in total. The predicted molar refractivity (Wildman–Crippen MR) is 117 cm³/mol. The van der Waals surface area contributed by atoms with Crippen LogP contribution in [0.5, 0.6) is 5.75 Å². The summed E-state index contributed by atoms with van der Waals surface area (Å²) in [6.07, 6.45) is 1.71. The van der Waals surface area contributed by atoms with Crippen molar-refractivity contribution in [2.24, 2.45) is 4.99 Å². The van der Waals surface area contributed by atoms with Crippen LogP contribution < -0.4 is 4.74 Å².